The molecule has 4 nitrogen and oxygen atoms in total. The molecule has 0 bridgehead atoms. The summed E-state index contributed by atoms with van der Waals surface area (Å²) in [5.41, 5.74) is 8.91. The highest BCUT2D eigenvalue weighted by atomic mass is 32.1. The third-order valence-corrected chi connectivity index (χ3v) is 4.49. The lowest BCUT2D eigenvalue weighted by Crippen LogP contribution is -2.10. The van der Waals surface area contributed by atoms with Crippen molar-refractivity contribution in [1.82, 2.24) is 4.98 Å². The zero-order chi connectivity index (χ0) is 13.2. The number of hydrogen-bond acceptors (Lipinski definition) is 5. The third kappa shape index (κ3) is 2.82. The summed E-state index contributed by atoms with van der Waals surface area (Å²) in [5, 5.41) is 4.50. The van der Waals surface area contributed by atoms with Crippen LogP contribution in [0.1, 0.15) is 17.8 Å². The lowest BCUT2D eigenvalue weighted by atomic mass is 10.1. The zero-order valence-corrected chi connectivity index (χ0v) is 11.9. The van der Waals surface area contributed by atoms with Gasteiger partial charge in [-0.05, 0) is 37.8 Å². The first-order chi connectivity index (χ1) is 9.22. The van der Waals surface area contributed by atoms with Gasteiger partial charge in [-0.25, -0.2) is 4.98 Å². The van der Waals surface area contributed by atoms with Gasteiger partial charge in [0.1, 0.15) is 0 Å². The van der Waals surface area contributed by atoms with Gasteiger partial charge in [0.05, 0.1) is 26.6 Å². The molecule has 3 rings (SSSR count). The largest absolute Gasteiger partial charge is 0.397 e. The third-order valence-electron chi connectivity index (χ3n) is 3.56. The number of ether oxygens (including phenoxy) is 1. The van der Waals surface area contributed by atoms with Crippen LogP contribution in [0.4, 0.5) is 11.4 Å². The van der Waals surface area contributed by atoms with E-state index in [4.69, 9.17) is 10.5 Å². The van der Waals surface area contributed by atoms with Gasteiger partial charge in [-0.3, -0.25) is 0 Å². The number of nitrogens with zero attached hydrogens (tertiary/aromatic N) is 1. The van der Waals surface area contributed by atoms with Gasteiger partial charge in [-0.1, -0.05) is 0 Å². The smallest absolute Gasteiger partial charge is 0.0907 e. The molecule has 2 heterocycles. The topological polar surface area (TPSA) is 60.2 Å². The van der Waals surface area contributed by atoms with Crippen molar-refractivity contribution in [1.29, 1.82) is 0 Å². The predicted octanol–water partition coefficient (Wildman–Crippen LogP) is 3.03. The van der Waals surface area contributed by atoms with E-state index in [1.165, 1.54) is 6.42 Å². The number of nitrogens with two attached hydrogens (primary N) is 1. The molecule has 0 radical (unpaired) electrons. The van der Waals surface area contributed by atoms with Crippen LogP contribution < -0.4 is 11.1 Å². The van der Waals surface area contributed by atoms with Crippen LogP contribution in [0.2, 0.25) is 0 Å². The summed E-state index contributed by atoms with van der Waals surface area (Å²) in [6.45, 7) is 4.78. The monoisotopic (exact) mass is 277 g/mol. The van der Waals surface area contributed by atoms with Gasteiger partial charge < -0.3 is 15.8 Å². The van der Waals surface area contributed by atoms with Gasteiger partial charge in [-0.2, -0.15) is 0 Å². The second-order valence-corrected chi connectivity index (χ2v) is 6.32. The molecule has 102 valence electrons. The van der Waals surface area contributed by atoms with E-state index < -0.39 is 0 Å². The Labute approximate surface area is 117 Å². The highest BCUT2D eigenvalue weighted by Gasteiger charge is 2.15. The molecule has 5 heteroatoms. The Hall–Kier alpha value is -1.33. The second kappa shape index (κ2) is 5.35. The van der Waals surface area contributed by atoms with Gasteiger partial charge in [0.2, 0.25) is 0 Å². The second-order valence-electron chi connectivity index (χ2n) is 5.09. The first-order valence-corrected chi connectivity index (χ1v) is 7.52. The Balaban J connectivity index is 1.67. The van der Waals surface area contributed by atoms with Crippen LogP contribution in [0, 0.1) is 12.8 Å². The quantitative estimate of drug-likeness (QED) is 0.843. The molecule has 19 heavy (non-hydrogen) atoms. The van der Waals surface area contributed by atoms with E-state index in [0.717, 1.165) is 52.8 Å². The SMILES string of the molecule is Cc1nc2cc(NCCC3CCOC3)c(N)cc2s1. The Bertz CT molecular complexity index is 575. The number of hydrogen-bond donors (Lipinski definition) is 2. The molecule has 0 amide bonds. The molecule has 2 aromatic rings. The lowest BCUT2D eigenvalue weighted by Gasteiger charge is -2.11. The molecule has 1 atom stereocenters. The van der Waals surface area contributed by atoms with Crippen LogP contribution >= 0.6 is 11.3 Å². The molecular weight excluding hydrogens is 258 g/mol. The number of aromatic nitrogens is 1. The minimum Gasteiger partial charge on any atom is -0.397 e. The average Bonchev–Trinajstić information content (AvgIpc) is 2.98. The number of thiazole rings is 1. The Morgan fingerprint density at radius 1 is 1.53 bits per heavy atom. The normalized spacial score (nSPS) is 19.1. The fraction of sp³-hybridized carbons (Fsp3) is 0.500. The molecule has 0 aliphatic carbocycles. The zero-order valence-electron chi connectivity index (χ0n) is 11.1. The van der Waals surface area contributed by atoms with E-state index in [9.17, 15) is 0 Å². The van der Waals surface area contributed by atoms with Gasteiger partial charge in [0.25, 0.3) is 0 Å². The van der Waals surface area contributed by atoms with Crippen LogP contribution in [-0.4, -0.2) is 24.7 Å². The molecule has 3 N–H and O–H groups in total. The summed E-state index contributed by atoms with van der Waals surface area (Å²) >= 11 is 1.68. The Kier molecular flexibility index (Phi) is 3.57. The molecule has 1 aromatic heterocycles. The number of nitrogens with one attached hydrogen (secondary N) is 1. The molecule has 1 saturated heterocycles. The average molecular weight is 277 g/mol. The van der Waals surface area contributed by atoms with Crippen molar-refractivity contribution in [2.75, 3.05) is 30.8 Å². The minimum absolute atomic E-state index is 0.693. The number of fused-ring (bicyclic) bond motifs is 1. The molecule has 1 aliphatic heterocycles. The summed E-state index contributed by atoms with van der Waals surface area (Å²) < 4.78 is 6.54. The maximum Gasteiger partial charge on any atom is 0.0907 e. The van der Waals surface area contributed by atoms with E-state index >= 15 is 0 Å². The predicted molar refractivity (Wildman–Crippen MR) is 80.8 cm³/mol. The summed E-state index contributed by atoms with van der Waals surface area (Å²) in [4.78, 5) is 4.50. The van der Waals surface area contributed by atoms with Crippen molar-refractivity contribution >= 4 is 32.9 Å². The van der Waals surface area contributed by atoms with Crippen LogP contribution in [0.5, 0.6) is 0 Å². The molecule has 1 aliphatic rings. The Morgan fingerprint density at radius 3 is 3.21 bits per heavy atom. The minimum atomic E-state index is 0.693. The van der Waals surface area contributed by atoms with Crippen molar-refractivity contribution in [2.24, 2.45) is 5.92 Å². The van der Waals surface area contributed by atoms with Gasteiger partial charge in [0.15, 0.2) is 0 Å². The molecule has 1 fully saturated rings. The lowest BCUT2D eigenvalue weighted by molar-refractivity contribution is 0.185. The number of rotatable bonds is 4. The molecule has 0 spiro atoms. The van der Waals surface area contributed by atoms with E-state index in [2.05, 4.69) is 16.4 Å². The van der Waals surface area contributed by atoms with Crippen LogP contribution in [0.25, 0.3) is 10.2 Å². The molecule has 1 aromatic carbocycles. The highest BCUT2D eigenvalue weighted by molar-refractivity contribution is 7.18. The first-order valence-electron chi connectivity index (χ1n) is 6.70. The van der Waals surface area contributed by atoms with E-state index in [1.807, 2.05) is 13.0 Å². The number of anilines is 2. The Morgan fingerprint density at radius 2 is 2.42 bits per heavy atom. The maximum absolute atomic E-state index is 6.08. The molecular formula is C14H19N3OS. The van der Waals surface area contributed by atoms with Gasteiger partial charge >= 0.3 is 0 Å². The van der Waals surface area contributed by atoms with Crippen LogP contribution in [-0.2, 0) is 4.74 Å². The summed E-state index contributed by atoms with van der Waals surface area (Å²) in [5.74, 6) is 0.693. The number of nitrogen functional groups attached to an aromatic ring is 1. The van der Waals surface area contributed by atoms with Gasteiger partial charge in [0, 0.05) is 19.8 Å². The van der Waals surface area contributed by atoms with Crippen LogP contribution in [0.15, 0.2) is 12.1 Å². The fourth-order valence-corrected chi connectivity index (χ4v) is 3.34. The maximum atomic E-state index is 6.08. The van der Waals surface area contributed by atoms with E-state index in [1.54, 1.807) is 11.3 Å². The highest BCUT2D eigenvalue weighted by Crippen LogP contribution is 2.29. The van der Waals surface area contributed by atoms with E-state index in [0.29, 0.717) is 5.92 Å². The first kappa shape index (κ1) is 12.7. The summed E-state index contributed by atoms with van der Waals surface area (Å²) in [6.07, 6.45) is 2.31. The molecule has 1 unspecified atom stereocenters. The molecule has 0 saturated carbocycles. The number of benzene rings is 1. The van der Waals surface area contributed by atoms with Crippen LogP contribution in [0.3, 0.4) is 0 Å². The van der Waals surface area contributed by atoms with Crippen molar-refractivity contribution in [3.8, 4) is 0 Å². The van der Waals surface area contributed by atoms with Crippen molar-refractivity contribution in [3.05, 3.63) is 17.1 Å². The van der Waals surface area contributed by atoms with Crippen molar-refractivity contribution < 1.29 is 4.74 Å². The summed E-state index contributed by atoms with van der Waals surface area (Å²) in [7, 11) is 0. The standard InChI is InChI=1S/C14H19N3OS/c1-9-17-13-7-12(11(15)6-14(13)19-9)16-4-2-10-3-5-18-8-10/h6-7,10,16H,2-5,8,15H2,1H3. The fourth-order valence-electron chi connectivity index (χ4n) is 2.48. The summed E-state index contributed by atoms with van der Waals surface area (Å²) in [6, 6.07) is 4.07. The van der Waals surface area contributed by atoms with Crippen molar-refractivity contribution in [3.63, 3.8) is 0 Å². The van der Waals surface area contributed by atoms with Crippen molar-refractivity contribution in [2.45, 2.75) is 19.8 Å². The van der Waals surface area contributed by atoms with Gasteiger partial charge in [-0.15, -0.1) is 11.3 Å². The van der Waals surface area contributed by atoms with E-state index in [-0.39, 0.29) is 0 Å². The number of aryl methyl sites for hydroxylation is 1.